The number of rotatable bonds is 4. The molecule has 4 rings (SSSR count). The van der Waals surface area contributed by atoms with Gasteiger partial charge in [-0.1, -0.05) is 77.9 Å². The number of carbonyl (C=O) groups is 1. The van der Waals surface area contributed by atoms with E-state index in [4.69, 9.17) is 58.0 Å². The van der Waals surface area contributed by atoms with Crippen LogP contribution >= 0.6 is 58.0 Å². The van der Waals surface area contributed by atoms with Crippen LogP contribution in [0.3, 0.4) is 0 Å². The van der Waals surface area contributed by atoms with E-state index in [0.717, 1.165) is 12.1 Å². The van der Waals surface area contributed by atoms with E-state index in [-0.39, 0.29) is 45.0 Å². The lowest BCUT2D eigenvalue weighted by atomic mass is 9.83. The number of nitrogens with one attached hydrogen (secondary N) is 1. The zero-order valence-corrected chi connectivity index (χ0v) is 20.9. The molecule has 5 atom stereocenters. The van der Waals surface area contributed by atoms with Crippen LogP contribution in [0.15, 0.2) is 33.6 Å². The number of alkyl halides is 3. The molecule has 2 fully saturated rings. The van der Waals surface area contributed by atoms with Crippen LogP contribution in [0.4, 0.5) is 0 Å². The van der Waals surface area contributed by atoms with Gasteiger partial charge in [-0.2, -0.15) is 0 Å². The van der Waals surface area contributed by atoms with Crippen LogP contribution in [0.1, 0.15) is 31.9 Å². The first-order valence-corrected chi connectivity index (χ1v) is 12.1. The lowest BCUT2D eigenvalue weighted by Gasteiger charge is -2.47. The molecule has 170 valence electrons. The van der Waals surface area contributed by atoms with E-state index < -0.39 is 9.96 Å². The second kappa shape index (κ2) is 8.41. The van der Waals surface area contributed by atoms with Gasteiger partial charge < -0.3 is 9.88 Å². The molecule has 3 heterocycles. The lowest BCUT2D eigenvalue weighted by molar-refractivity contribution is -0.125. The maximum Gasteiger partial charge on any atom is 0.250 e. The number of fused-ring (bicyclic) bond motifs is 4. The molecule has 3 aliphatic rings. The van der Waals surface area contributed by atoms with Gasteiger partial charge in [0.1, 0.15) is 10.7 Å². The Kier molecular flexibility index (Phi) is 6.44. The highest BCUT2D eigenvalue weighted by Gasteiger charge is 2.61. The van der Waals surface area contributed by atoms with Gasteiger partial charge in [0.2, 0.25) is 9.70 Å². The average Bonchev–Trinajstić information content (AvgIpc) is 3.18. The quantitative estimate of drug-likeness (QED) is 0.579. The molecule has 2 bridgehead atoms. The fourth-order valence-corrected chi connectivity index (χ4v) is 6.22. The fraction of sp³-hybridized carbons (Fsp3) is 0.619. The van der Waals surface area contributed by atoms with Crippen molar-refractivity contribution in [2.24, 2.45) is 23.2 Å². The van der Waals surface area contributed by atoms with Crippen molar-refractivity contribution in [1.29, 1.82) is 0 Å². The highest BCUT2D eigenvalue weighted by molar-refractivity contribution is 6.68. The first-order valence-electron chi connectivity index (χ1n) is 10.2. The molecule has 1 amide bonds. The second-order valence-electron chi connectivity index (χ2n) is 9.39. The maximum atomic E-state index is 13.1. The molecule has 1 aromatic heterocycles. The highest BCUT2D eigenvalue weighted by Crippen LogP contribution is 2.60. The summed E-state index contributed by atoms with van der Waals surface area (Å²) in [4.78, 5) is 27.4. The van der Waals surface area contributed by atoms with Gasteiger partial charge in [-0.05, 0) is 35.8 Å². The zero-order valence-electron chi connectivity index (χ0n) is 17.1. The number of allylic oxidation sites excluding steroid dienone is 1. The Morgan fingerprint density at radius 1 is 1.23 bits per heavy atom. The van der Waals surface area contributed by atoms with E-state index in [1.807, 2.05) is 29.4 Å². The number of aromatic nitrogens is 1. The molecule has 0 radical (unpaired) electrons. The van der Waals surface area contributed by atoms with Crippen LogP contribution < -0.4 is 10.9 Å². The van der Waals surface area contributed by atoms with E-state index >= 15 is 0 Å². The molecule has 1 N–H and O–H groups in total. The monoisotopic (exact) mass is 525 g/mol. The van der Waals surface area contributed by atoms with E-state index in [9.17, 15) is 9.59 Å². The van der Waals surface area contributed by atoms with Crippen LogP contribution in [0.25, 0.3) is 0 Å². The van der Waals surface area contributed by atoms with Crippen LogP contribution in [0.5, 0.6) is 0 Å². The Labute approximate surface area is 206 Å². The SMILES string of the molecule is CC1(C)[C@H](C=C(Cl)Cl)[C@H]1C(=O)N[C@@H](N1C[C@H]2C[C@H](C1)c1cccc(=O)n1C2)C(Cl)(Cl)Cl. The summed E-state index contributed by atoms with van der Waals surface area (Å²) in [7, 11) is 0. The topological polar surface area (TPSA) is 54.3 Å². The molecule has 0 aromatic carbocycles. The predicted octanol–water partition coefficient (Wildman–Crippen LogP) is 4.67. The average molecular weight is 528 g/mol. The van der Waals surface area contributed by atoms with Crippen molar-refractivity contribution >= 4 is 63.9 Å². The normalized spacial score (nSPS) is 30.2. The lowest BCUT2D eigenvalue weighted by Crippen LogP contribution is -2.60. The van der Waals surface area contributed by atoms with Gasteiger partial charge in [-0.3, -0.25) is 14.5 Å². The third-order valence-corrected chi connectivity index (χ3v) is 7.83. The Bertz CT molecular complexity index is 966. The summed E-state index contributed by atoms with van der Waals surface area (Å²) in [5.74, 6) is -0.201. The van der Waals surface area contributed by atoms with Crippen molar-refractivity contribution in [3.8, 4) is 0 Å². The number of piperidine rings is 1. The number of amides is 1. The minimum absolute atomic E-state index is 0.0138. The number of pyridine rings is 1. The summed E-state index contributed by atoms with van der Waals surface area (Å²) in [5, 5.41) is 2.98. The second-order valence-corrected chi connectivity index (χ2v) is 12.8. The molecule has 0 unspecified atom stereocenters. The molecule has 1 saturated carbocycles. The molecule has 1 aliphatic carbocycles. The molecule has 31 heavy (non-hydrogen) atoms. The number of carbonyl (C=O) groups excluding carboxylic acids is 1. The summed E-state index contributed by atoms with van der Waals surface area (Å²) in [6, 6.07) is 5.35. The Morgan fingerprint density at radius 2 is 1.94 bits per heavy atom. The number of hydrogen-bond donors (Lipinski definition) is 1. The first kappa shape index (κ1) is 23.7. The van der Waals surface area contributed by atoms with Gasteiger partial charge >= 0.3 is 0 Å². The zero-order chi connectivity index (χ0) is 22.7. The van der Waals surface area contributed by atoms with Crippen molar-refractivity contribution in [2.45, 2.75) is 42.7 Å². The van der Waals surface area contributed by atoms with Crippen molar-refractivity contribution in [1.82, 2.24) is 14.8 Å². The number of nitrogens with zero attached hydrogens (tertiary/aromatic N) is 2. The van der Waals surface area contributed by atoms with E-state index in [0.29, 0.717) is 19.6 Å². The van der Waals surface area contributed by atoms with Gasteiger partial charge in [0.05, 0.1) is 5.92 Å². The largest absolute Gasteiger partial charge is 0.336 e. The maximum absolute atomic E-state index is 13.1. The van der Waals surface area contributed by atoms with Gasteiger partial charge in [-0.25, -0.2) is 0 Å². The summed E-state index contributed by atoms with van der Waals surface area (Å²) in [6.45, 7) is 5.81. The van der Waals surface area contributed by atoms with Crippen LogP contribution in [-0.4, -0.2) is 38.4 Å². The van der Waals surface area contributed by atoms with Crippen molar-refractivity contribution in [3.63, 3.8) is 0 Å². The third-order valence-electron chi connectivity index (χ3n) is 6.96. The van der Waals surface area contributed by atoms with E-state index in [2.05, 4.69) is 5.32 Å². The number of halogens is 5. The molecule has 2 aliphatic heterocycles. The summed E-state index contributed by atoms with van der Waals surface area (Å²) in [6.07, 6.45) is 1.87. The number of hydrogen-bond acceptors (Lipinski definition) is 3. The first-order chi connectivity index (χ1) is 14.4. The third kappa shape index (κ3) is 4.64. The van der Waals surface area contributed by atoms with Gasteiger partial charge in [0.25, 0.3) is 5.56 Å². The van der Waals surface area contributed by atoms with Gasteiger partial charge in [0, 0.05) is 37.3 Å². The van der Waals surface area contributed by atoms with Crippen LogP contribution in [-0.2, 0) is 11.3 Å². The van der Waals surface area contributed by atoms with Crippen molar-refractivity contribution in [2.75, 3.05) is 13.1 Å². The number of likely N-dealkylation sites (tertiary alicyclic amines) is 1. The molecule has 10 heteroatoms. The summed E-state index contributed by atoms with van der Waals surface area (Å²) < 4.78 is 0.272. The molecule has 1 aromatic rings. The standard InChI is InChI=1S/C21H24Cl5N3O2/c1-20(2)13(7-15(22)23)17(20)18(31)27-19(21(24,25)26)28-8-11-6-12(10-28)14-4-3-5-16(30)29(14)9-11/h3-5,7,11-13,17,19H,6,8-10H2,1-2H3,(H,27,31)/t11-,12-,13-,17+,19+/m1/s1. The summed E-state index contributed by atoms with van der Waals surface area (Å²) in [5.41, 5.74) is 0.725. The minimum atomic E-state index is -1.72. The minimum Gasteiger partial charge on any atom is -0.336 e. The summed E-state index contributed by atoms with van der Waals surface area (Å²) >= 11 is 30.7. The van der Waals surface area contributed by atoms with Crippen molar-refractivity contribution in [3.05, 3.63) is 44.8 Å². The molecular formula is C21H24Cl5N3O2. The predicted molar refractivity (Wildman–Crippen MR) is 126 cm³/mol. The van der Waals surface area contributed by atoms with Gasteiger partial charge in [-0.15, -0.1) is 0 Å². The Balaban J connectivity index is 1.54. The molecular weight excluding hydrogens is 504 g/mol. The molecule has 0 spiro atoms. The highest BCUT2D eigenvalue weighted by atomic mass is 35.6. The van der Waals surface area contributed by atoms with Crippen molar-refractivity contribution < 1.29 is 4.79 Å². The van der Waals surface area contributed by atoms with E-state index in [1.165, 1.54) is 0 Å². The van der Waals surface area contributed by atoms with E-state index in [1.54, 1.807) is 18.2 Å². The van der Waals surface area contributed by atoms with Crippen LogP contribution in [0, 0.1) is 23.2 Å². The molecule has 1 saturated heterocycles. The Hall–Kier alpha value is -0.430. The van der Waals surface area contributed by atoms with Crippen LogP contribution in [0.2, 0.25) is 0 Å². The fourth-order valence-electron chi connectivity index (χ4n) is 5.37. The van der Waals surface area contributed by atoms with Gasteiger partial charge in [0.15, 0.2) is 0 Å². The smallest absolute Gasteiger partial charge is 0.250 e. The Morgan fingerprint density at radius 3 is 2.58 bits per heavy atom. The molecule has 5 nitrogen and oxygen atoms in total.